The molecule has 2 aliphatic rings. The molecule has 2 heterocycles. The first-order valence-corrected chi connectivity index (χ1v) is 7.60. The molecule has 0 radical (unpaired) electrons. The number of nitrogens with two attached hydrogens (primary N) is 1. The van der Waals surface area contributed by atoms with Gasteiger partial charge in [0.1, 0.15) is 0 Å². The second-order valence-corrected chi connectivity index (χ2v) is 5.48. The molecule has 5 nitrogen and oxygen atoms in total. The van der Waals surface area contributed by atoms with Crippen LogP contribution in [0.25, 0.3) is 0 Å². The molecular formula is C14H26N4O. The predicted molar refractivity (Wildman–Crippen MR) is 77.0 cm³/mol. The largest absolute Gasteiger partial charge is 0.370 e. The Bertz CT molecular complexity index is 315. The molecular weight excluding hydrogens is 240 g/mol. The van der Waals surface area contributed by atoms with Crippen molar-refractivity contribution in [3.05, 3.63) is 0 Å². The minimum atomic E-state index is 0.227. The molecule has 19 heavy (non-hydrogen) atoms. The molecule has 0 spiro atoms. The number of rotatable bonds is 3. The minimum Gasteiger partial charge on any atom is -0.370 e. The second-order valence-electron chi connectivity index (χ2n) is 5.48. The number of likely N-dealkylation sites (tertiary alicyclic amines) is 2. The van der Waals surface area contributed by atoms with Gasteiger partial charge in [-0.05, 0) is 25.7 Å². The van der Waals surface area contributed by atoms with E-state index in [1.807, 2.05) is 4.90 Å². The molecule has 0 aromatic carbocycles. The maximum absolute atomic E-state index is 11.9. The van der Waals surface area contributed by atoms with Gasteiger partial charge in [-0.3, -0.25) is 9.79 Å². The van der Waals surface area contributed by atoms with E-state index in [9.17, 15) is 4.79 Å². The summed E-state index contributed by atoms with van der Waals surface area (Å²) in [4.78, 5) is 20.3. The summed E-state index contributed by atoms with van der Waals surface area (Å²) in [6, 6.07) is 0. The molecule has 2 aliphatic heterocycles. The van der Waals surface area contributed by atoms with E-state index in [0.717, 1.165) is 39.0 Å². The van der Waals surface area contributed by atoms with Gasteiger partial charge in [0, 0.05) is 32.6 Å². The van der Waals surface area contributed by atoms with Crippen molar-refractivity contribution in [2.45, 2.75) is 44.9 Å². The van der Waals surface area contributed by atoms with Crippen LogP contribution in [0.3, 0.4) is 0 Å². The number of hydrogen-bond acceptors (Lipinski definition) is 2. The van der Waals surface area contributed by atoms with E-state index in [4.69, 9.17) is 5.73 Å². The summed E-state index contributed by atoms with van der Waals surface area (Å²) >= 11 is 0. The van der Waals surface area contributed by atoms with Gasteiger partial charge in [0.2, 0.25) is 5.91 Å². The maximum Gasteiger partial charge on any atom is 0.224 e. The van der Waals surface area contributed by atoms with E-state index in [0.29, 0.717) is 18.9 Å². The first kappa shape index (κ1) is 14.2. The Morgan fingerprint density at radius 1 is 0.895 bits per heavy atom. The maximum atomic E-state index is 11.9. The van der Waals surface area contributed by atoms with E-state index in [-0.39, 0.29) is 5.91 Å². The van der Waals surface area contributed by atoms with Crippen molar-refractivity contribution in [2.24, 2.45) is 10.7 Å². The van der Waals surface area contributed by atoms with Crippen molar-refractivity contribution >= 4 is 11.9 Å². The highest BCUT2D eigenvalue weighted by atomic mass is 16.2. The molecule has 2 rings (SSSR count). The molecule has 0 bridgehead atoms. The number of nitrogens with zero attached hydrogens (tertiary/aromatic N) is 3. The van der Waals surface area contributed by atoms with Crippen LogP contribution in [0.15, 0.2) is 4.99 Å². The van der Waals surface area contributed by atoms with Crippen LogP contribution in [0, 0.1) is 0 Å². The molecule has 0 unspecified atom stereocenters. The zero-order valence-electron chi connectivity index (χ0n) is 11.8. The monoisotopic (exact) mass is 266 g/mol. The van der Waals surface area contributed by atoms with Crippen LogP contribution in [0.5, 0.6) is 0 Å². The van der Waals surface area contributed by atoms with Crippen molar-refractivity contribution in [3.8, 4) is 0 Å². The Kier molecular flexibility index (Phi) is 5.48. The minimum absolute atomic E-state index is 0.227. The lowest BCUT2D eigenvalue weighted by Crippen LogP contribution is -2.38. The normalized spacial score (nSPS) is 21.6. The van der Waals surface area contributed by atoms with Crippen molar-refractivity contribution in [1.82, 2.24) is 9.80 Å². The highest BCUT2D eigenvalue weighted by Gasteiger charge is 2.17. The number of hydrogen-bond donors (Lipinski definition) is 1. The zero-order chi connectivity index (χ0) is 13.5. The fraction of sp³-hybridized carbons (Fsp3) is 0.857. The molecule has 2 N–H and O–H groups in total. The number of carbonyl (C=O) groups is 1. The molecule has 2 fully saturated rings. The van der Waals surface area contributed by atoms with Crippen LogP contribution in [-0.2, 0) is 4.79 Å². The van der Waals surface area contributed by atoms with Crippen molar-refractivity contribution in [3.63, 3.8) is 0 Å². The van der Waals surface area contributed by atoms with Gasteiger partial charge in [-0.15, -0.1) is 0 Å². The van der Waals surface area contributed by atoms with E-state index >= 15 is 0 Å². The predicted octanol–water partition coefficient (Wildman–Crippen LogP) is 1.19. The quantitative estimate of drug-likeness (QED) is 0.616. The summed E-state index contributed by atoms with van der Waals surface area (Å²) in [5.74, 6) is 0.848. The fourth-order valence-electron chi connectivity index (χ4n) is 2.79. The Labute approximate surface area is 115 Å². The molecule has 0 aliphatic carbocycles. The van der Waals surface area contributed by atoms with Crippen LogP contribution in [0.1, 0.15) is 44.9 Å². The van der Waals surface area contributed by atoms with E-state index in [1.165, 1.54) is 25.7 Å². The van der Waals surface area contributed by atoms with E-state index in [1.54, 1.807) is 0 Å². The Morgan fingerprint density at radius 2 is 1.42 bits per heavy atom. The molecule has 0 aromatic heterocycles. The van der Waals surface area contributed by atoms with Crippen LogP contribution >= 0.6 is 0 Å². The van der Waals surface area contributed by atoms with Gasteiger partial charge in [-0.1, -0.05) is 12.8 Å². The zero-order valence-corrected chi connectivity index (χ0v) is 11.8. The van der Waals surface area contributed by atoms with Crippen LogP contribution in [-0.4, -0.2) is 54.4 Å². The third kappa shape index (κ3) is 4.40. The highest BCUT2D eigenvalue weighted by molar-refractivity contribution is 5.79. The first-order valence-electron chi connectivity index (χ1n) is 7.60. The van der Waals surface area contributed by atoms with Gasteiger partial charge < -0.3 is 15.5 Å². The van der Waals surface area contributed by atoms with Gasteiger partial charge in [-0.2, -0.15) is 0 Å². The smallest absolute Gasteiger partial charge is 0.224 e. The van der Waals surface area contributed by atoms with Gasteiger partial charge in [0.15, 0.2) is 5.96 Å². The number of aliphatic imine (C=N–C) groups is 1. The summed E-state index contributed by atoms with van der Waals surface area (Å²) in [6.45, 7) is 4.39. The van der Waals surface area contributed by atoms with E-state index in [2.05, 4.69) is 9.89 Å². The lowest BCUT2D eigenvalue weighted by atomic mass is 10.2. The van der Waals surface area contributed by atoms with Crippen molar-refractivity contribution in [1.29, 1.82) is 0 Å². The molecule has 0 atom stereocenters. The van der Waals surface area contributed by atoms with E-state index < -0.39 is 0 Å². The van der Waals surface area contributed by atoms with Gasteiger partial charge in [-0.25, -0.2) is 0 Å². The summed E-state index contributed by atoms with van der Waals surface area (Å²) in [6.07, 6.45) is 7.75. The van der Waals surface area contributed by atoms with Crippen LogP contribution < -0.4 is 5.73 Å². The molecule has 5 heteroatoms. The standard InChI is InChI=1S/C14H26N4O/c15-14(18-11-3-1-2-4-12-18)16-8-7-13(19)17-9-5-6-10-17/h1-12H2,(H2,15,16). The lowest BCUT2D eigenvalue weighted by Gasteiger charge is -2.21. The Hall–Kier alpha value is -1.26. The topological polar surface area (TPSA) is 61.9 Å². The van der Waals surface area contributed by atoms with Crippen LogP contribution in [0.4, 0.5) is 0 Å². The molecule has 2 saturated heterocycles. The summed E-state index contributed by atoms with van der Waals surface area (Å²) in [7, 11) is 0. The third-order valence-electron chi connectivity index (χ3n) is 3.99. The van der Waals surface area contributed by atoms with Crippen molar-refractivity contribution in [2.75, 3.05) is 32.7 Å². The lowest BCUT2D eigenvalue weighted by molar-refractivity contribution is -0.129. The highest BCUT2D eigenvalue weighted by Crippen LogP contribution is 2.10. The first-order chi connectivity index (χ1) is 9.27. The number of amides is 1. The van der Waals surface area contributed by atoms with Gasteiger partial charge in [0.05, 0.1) is 6.54 Å². The summed E-state index contributed by atoms with van der Waals surface area (Å²) in [5.41, 5.74) is 6.01. The third-order valence-corrected chi connectivity index (χ3v) is 3.99. The van der Waals surface area contributed by atoms with Crippen molar-refractivity contribution < 1.29 is 4.79 Å². The van der Waals surface area contributed by atoms with Gasteiger partial charge >= 0.3 is 0 Å². The average Bonchev–Trinajstić information content (AvgIpc) is 2.81. The Balaban J connectivity index is 1.72. The SMILES string of the molecule is NC(=NCCC(=O)N1CCCC1)N1CCCCCC1. The number of carbonyl (C=O) groups excluding carboxylic acids is 1. The number of guanidine groups is 1. The molecule has 108 valence electrons. The molecule has 0 aromatic rings. The molecule has 0 saturated carbocycles. The summed E-state index contributed by atoms with van der Waals surface area (Å²) < 4.78 is 0. The Morgan fingerprint density at radius 3 is 2.05 bits per heavy atom. The second kappa shape index (κ2) is 7.36. The van der Waals surface area contributed by atoms with Crippen LogP contribution in [0.2, 0.25) is 0 Å². The summed E-state index contributed by atoms with van der Waals surface area (Å²) in [5, 5.41) is 0. The fourth-order valence-corrected chi connectivity index (χ4v) is 2.79. The average molecular weight is 266 g/mol. The molecule has 1 amide bonds. The van der Waals surface area contributed by atoms with Gasteiger partial charge in [0.25, 0.3) is 0 Å².